The molecule has 0 saturated carbocycles. The minimum atomic E-state index is -3.71. The zero-order chi connectivity index (χ0) is 37.8. The molecule has 6 aromatic rings. The Labute approximate surface area is 294 Å². The third-order valence-electron chi connectivity index (χ3n) is 7.03. The number of nitrogens with zero attached hydrogens (tertiary/aromatic N) is 8. The van der Waals surface area contributed by atoms with Gasteiger partial charge in [-0.2, -0.15) is 4.80 Å². The number of rotatable bonds is 10. The molecule has 22 heteroatoms. The van der Waals surface area contributed by atoms with Gasteiger partial charge in [-0.25, -0.2) is 48.5 Å². The summed E-state index contributed by atoms with van der Waals surface area (Å²) in [6.07, 6.45) is 0. The molecule has 0 fully saturated rings. The van der Waals surface area contributed by atoms with Crippen molar-refractivity contribution in [2.24, 2.45) is 14.1 Å². The molecule has 0 bridgehead atoms. The Hall–Kier alpha value is -5.84. The van der Waals surface area contributed by atoms with Crippen molar-refractivity contribution < 1.29 is 34.4 Å². The first-order valence-electron chi connectivity index (χ1n) is 14.7. The predicted molar refractivity (Wildman–Crippen MR) is 180 cm³/mol. The van der Waals surface area contributed by atoms with Crippen LogP contribution in [-0.4, -0.2) is 71.3 Å². The van der Waals surface area contributed by atoms with Crippen LogP contribution in [0.4, 0.5) is 40.3 Å². The SMILES string of the molecule is CNS(=O)(=O)c1ccc(Nc2cc(F)cc(F)c2)c(-c2nnn(C)n2)c1.CNS(=O)(=O)c1ccc(Nc2cc(F)cc(F)c2)c(-c2nnnn2C)c1. The van der Waals surface area contributed by atoms with Crippen LogP contribution in [0.5, 0.6) is 0 Å². The zero-order valence-electron chi connectivity index (χ0n) is 27.5. The highest BCUT2D eigenvalue weighted by Gasteiger charge is 2.20. The molecule has 0 unspecified atom stereocenters. The smallest absolute Gasteiger partial charge is 0.240 e. The molecule has 272 valence electrons. The van der Waals surface area contributed by atoms with Crippen molar-refractivity contribution in [3.8, 4) is 22.8 Å². The van der Waals surface area contributed by atoms with Crippen molar-refractivity contribution in [3.05, 3.63) is 96.1 Å². The van der Waals surface area contributed by atoms with Crippen LogP contribution in [0.25, 0.3) is 22.8 Å². The van der Waals surface area contributed by atoms with Crippen LogP contribution in [0.2, 0.25) is 0 Å². The van der Waals surface area contributed by atoms with Crippen LogP contribution in [0.15, 0.2) is 82.6 Å². The van der Waals surface area contributed by atoms with Crippen LogP contribution in [0.3, 0.4) is 0 Å². The van der Waals surface area contributed by atoms with Gasteiger partial charge in [-0.3, -0.25) is 0 Å². The Kier molecular flexibility index (Phi) is 10.9. The summed E-state index contributed by atoms with van der Waals surface area (Å²) >= 11 is 0. The molecule has 0 saturated heterocycles. The lowest BCUT2D eigenvalue weighted by atomic mass is 10.1. The molecule has 0 atom stereocenters. The van der Waals surface area contributed by atoms with Gasteiger partial charge in [-0.15, -0.1) is 15.3 Å². The first kappa shape index (κ1) is 37.4. The van der Waals surface area contributed by atoms with E-state index in [-0.39, 0.29) is 32.8 Å². The fourth-order valence-corrected chi connectivity index (χ4v) is 6.13. The molecule has 16 nitrogen and oxygen atoms in total. The number of tetrazole rings is 2. The van der Waals surface area contributed by atoms with Gasteiger partial charge in [-0.1, -0.05) is 0 Å². The Morgan fingerprint density at radius 3 is 1.46 bits per heavy atom. The van der Waals surface area contributed by atoms with E-state index in [0.29, 0.717) is 22.5 Å². The Bertz CT molecular complexity index is 2440. The van der Waals surface area contributed by atoms with Gasteiger partial charge in [0.15, 0.2) is 5.82 Å². The Morgan fingerprint density at radius 1 is 0.596 bits per heavy atom. The molecule has 0 aliphatic carbocycles. The molecule has 4 aromatic carbocycles. The van der Waals surface area contributed by atoms with Crippen LogP contribution >= 0.6 is 0 Å². The summed E-state index contributed by atoms with van der Waals surface area (Å²) in [6.45, 7) is 0. The van der Waals surface area contributed by atoms with Crippen molar-refractivity contribution in [3.63, 3.8) is 0 Å². The minimum absolute atomic E-state index is 0.00558. The molecular formula is C30H28F4N12O4S2. The van der Waals surface area contributed by atoms with Gasteiger partial charge in [0.1, 0.15) is 23.3 Å². The maximum absolute atomic E-state index is 13.4. The van der Waals surface area contributed by atoms with Gasteiger partial charge < -0.3 is 10.6 Å². The summed E-state index contributed by atoms with van der Waals surface area (Å²) in [5, 5.41) is 28.5. The summed E-state index contributed by atoms with van der Waals surface area (Å²) in [5.41, 5.74) is 1.69. The number of hydrogen-bond donors (Lipinski definition) is 4. The predicted octanol–water partition coefficient (Wildman–Crippen LogP) is 3.61. The molecule has 4 N–H and O–H groups in total. The number of aromatic nitrogens is 8. The Balaban J connectivity index is 0.000000201. The lowest BCUT2D eigenvalue weighted by Crippen LogP contribution is -2.18. The number of hydrogen-bond acceptors (Lipinski definition) is 12. The van der Waals surface area contributed by atoms with Crippen LogP contribution < -0.4 is 20.1 Å². The molecule has 6 rings (SSSR count). The van der Waals surface area contributed by atoms with E-state index in [1.807, 2.05) is 0 Å². The second kappa shape index (κ2) is 15.2. The summed E-state index contributed by atoms with van der Waals surface area (Å²) in [6, 6.07) is 14.3. The highest BCUT2D eigenvalue weighted by molar-refractivity contribution is 7.89. The van der Waals surface area contributed by atoms with Gasteiger partial charge >= 0.3 is 0 Å². The Morgan fingerprint density at radius 2 is 1.06 bits per heavy atom. The molecule has 0 amide bonds. The van der Waals surface area contributed by atoms with E-state index in [2.05, 4.69) is 51.0 Å². The van der Waals surface area contributed by atoms with Crippen molar-refractivity contribution in [2.45, 2.75) is 9.79 Å². The van der Waals surface area contributed by atoms with E-state index < -0.39 is 43.3 Å². The maximum Gasteiger partial charge on any atom is 0.240 e. The normalized spacial score (nSPS) is 11.5. The van der Waals surface area contributed by atoms with Crippen LogP contribution in [0, 0.1) is 23.3 Å². The van der Waals surface area contributed by atoms with Gasteiger partial charge in [0.05, 0.1) is 16.8 Å². The van der Waals surface area contributed by atoms with E-state index >= 15 is 0 Å². The van der Waals surface area contributed by atoms with Gasteiger partial charge in [0, 0.05) is 53.1 Å². The fraction of sp³-hybridized carbons (Fsp3) is 0.133. The van der Waals surface area contributed by atoms with Crippen molar-refractivity contribution in [1.29, 1.82) is 0 Å². The van der Waals surface area contributed by atoms with Crippen LogP contribution in [0.1, 0.15) is 0 Å². The summed E-state index contributed by atoms with van der Waals surface area (Å²) in [4.78, 5) is 1.19. The maximum atomic E-state index is 13.4. The van der Waals surface area contributed by atoms with Crippen LogP contribution in [-0.2, 0) is 34.1 Å². The van der Waals surface area contributed by atoms with E-state index in [4.69, 9.17) is 0 Å². The first-order chi connectivity index (χ1) is 24.6. The second-order valence-electron chi connectivity index (χ2n) is 10.6. The molecule has 0 spiro atoms. The number of anilines is 4. The first-order valence-corrected chi connectivity index (χ1v) is 17.6. The molecular weight excluding hydrogens is 733 g/mol. The molecule has 52 heavy (non-hydrogen) atoms. The molecule has 2 heterocycles. The third-order valence-corrected chi connectivity index (χ3v) is 9.86. The third kappa shape index (κ3) is 8.71. The fourth-order valence-electron chi connectivity index (χ4n) is 4.62. The van der Waals surface area contributed by atoms with Crippen molar-refractivity contribution in [1.82, 2.24) is 49.9 Å². The highest BCUT2D eigenvalue weighted by atomic mass is 32.2. The van der Waals surface area contributed by atoms with Gasteiger partial charge in [0.25, 0.3) is 0 Å². The lowest BCUT2D eigenvalue weighted by molar-refractivity contribution is 0.583. The number of halogens is 4. The minimum Gasteiger partial charge on any atom is -0.355 e. The van der Waals surface area contributed by atoms with E-state index in [1.54, 1.807) is 14.1 Å². The zero-order valence-corrected chi connectivity index (χ0v) is 29.1. The number of sulfonamides is 2. The van der Waals surface area contributed by atoms with Crippen molar-refractivity contribution >= 4 is 42.8 Å². The summed E-state index contributed by atoms with van der Waals surface area (Å²) < 4.78 is 108. The molecule has 2 aromatic heterocycles. The summed E-state index contributed by atoms with van der Waals surface area (Å²) in [5.74, 6) is -2.56. The standard InChI is InChI=1S/2C15H14F2N6O2S/c1-18-26(24,25)12-3-4-14(13(8-12)15-20-21-22-23(15)2)19-11-6-9(16)5-10(17)7-11;1-18-26(24,25)12-3-4-14(13(8-12)15-20-22-23(2)21-15)19-11-6-9(16)5-10(17)7-11/h2*3-8,18-19H,1-2H3. The van der Waals surface area contributed by atoms with E-state index in [9.17, 15) is 34.4 Å². The van der Waals surface area contributed by atoms with Gasteiger partial charge in [-0.05, 0) is 90.4 Å². The summed E-state index contributed by atoms with van der Waals surface area (Å²) in [7, 11) is -1.69. The highest BCUT2D eigenvalue weighted by Crippen LogP contribution is 2.32. The average Bonchev–Trinajstić information content (AvgIpc) is 3.72. The topological polar surface area (TPSA) is 204 Å². The molecule has 0 radical (unpaired) electrons. The van der Waals surface area contributed by atoms with E-state index in [0.717, 1.165) is 36.4 Å². The monoisotopic (exact) mass is 760 g/mol. The van der Waals surface area contributed by atoms with Gasteiger partial charge in [0.2, 0.25) is 25.9 Å². The number of benzene rings is 4. The molecule has 0 aliphatic rings. The molecule has 0 aliphatic heterocycles. The largest absolute Gasteiger partial charge is 0.355 e. The number of aryl methyl sites for hydroxylation is 2. The van der Waals surface area contributed by atoms with E-state index in [1.165, 1.54) is 60.0 Å². The lowest BCUT2D eigenvalue weighted by Gasteiger charge is -2.13. The second-order valence-corrected chi connectivity index (χ2v) is 14.4. The van der Waals surface area contributed by atoms with Crippen molar-refractivity contribution in [2.75, 3.05) is 24.7 Å². The average molecular weight is 761 g/mol. The number of nitrogens with one attached hydrogen (secondary N) is 4. The quantitative estimate of drug-likeness (QED) is 0.148.